The lowest BCUT2D eigenvalue weighted by Gasteiger charge is -1.94. The highest BCUT2D eigenvalue weighted by Gasteiger charge is 1.78. The molecule has 0 saturated carbocycles. The Morgan fingerprint density at radius 3 is 1.68 bits per heavy atom. The molecular formula is C17H21NS. The third-order valence-electron chi connectivity index (χ3n) is 2.04. The summed E-state index contributed by atoms with van der Waals surface area (Å²) in [5.41, 5.74) is 2.17. The van der Waals surface area contributed by atoms with Crippen LogP contribution >= 0.6 is 12.6 Å². The predicted molar refractivity (Wildman–Crippen MR) is 89.6 cm³/mol. The topological polar surface area (TPSA) is 12.0 Å². The van der Waals surface area contributed by atoms with Crippen molar-refractivity contribution in [2.24, 2.45) is 0 Å². The Balaban J connectivity index is 0.000000303. The molecule has 2 aromatic rings. The average molecular weight is 271 g/mol. The van der Waals surface area contributed by atoms with Crippen LogP contribution in [-0.2, 0) is 0 Å². The molecule has 2 aromatic carbocycles. The summed E-state index contributed by atoms with van der Waals surface area (Å²) in [6.07, 6.45) is 0. The van der Waals surface area contributed by atoms with E-state index in [0.717, 1.165) is 11.3 Å². The van der Waals surface area contributed by atoms with Crippen LogP contribution in [0.15, 0.2) is 60.7 Å². The molecule has 0 aliphatic heterocycles. The van der Waals surface area contributed by atoms with Gasteiger partial charge < -0.3 is 5.32 Å². The number of nitrogens with one attached hydrogen (secondary N) is 1. The molecule has 1 N–H and O–H groups in total. The van der Waals surface area contributed by atoms with Gasteiger partial charge in [0.15, 0.2) is 0 Å². The Bertz CT molecular complexity index is 469. The van der Waals surface area contributed by atoms with Crippen molar-refractivity contribution >= 4 is 18.3 Å². The van der Waals surface area contributed by atoms with Gasteiger partial charge in [-0.25, -0.2) is 0 Å². The Labute approximate surface area is 122 Å². The second-order valence-corrected chi connectivity index (χ2v) is 3.44. The van der Waals surface area contributed by atoms with Gasteiger partial charge in [-0.15, -0.1) is 0 Å². The lowest BCUT2D eigenvalue weighted by molar-refractivity contribution is 1.50. The first-order valence-corrected chi connectivity index (χ1v) is 6.74. The molecule has 100 valence electrons. The van der Waals surface area contributed by atoms with E-state index in [4.69, 9.17) is 0 Å². The van der Waals surface area contributed by atoms with Crippen LogP contribution in [-0.4, -0.2) is 7.05 Å². The van der Waals surface area contributed by atoms with Crippen molar-refractivity contribution in [3.05, 3.63) is 66.2 Å². The number of para-hydroxylation sites is 1. The summed E-state index contributed by atoms with van der Waals surface area (Å²) >= 11 is 3.77. The molecule has 0 aliphatic rings. The zero-order valence-corrected chi connectivity index (χ0v) is 12.6. The van der Waals surface area contributed by atoms with Crippen molar-refractivity contribution in [3.8, 4) is 11.2 Å². The van der Waals surface area contributed by atoms with Crippen LogP contribution in [0.5, 0.6) is 0 Å². The fraction of sp³-hybridized carbons (Fsp3) is 0.176. The van der Waals surface area contributed by atoms with Gasteiger partial charge in [0, 0.05) is 18.3 Å². The molecule has 0 radical (unpaired) electrons. The van der Waals surface area contributed by atoms with Crippen molar-refractivity contribution in [1.29, 1.82) is 0 Å². The van der Waals surface area contributed by atoms with Crippen LogP contribution in [0.1, 0.15) is 19.4 Å². The number of hydrogen-bond donors (Lipinski definition) is 2. The van der Waals surface area contributed by atoms with E-state index in [-0.39, 0.29) is 0 Å². The largest absolute Gasteiger partial charge is 0.388 e. The molecule has 19 heavy (non-hydrogen) atoms. The van der Waals surface area contributed by atoms with Gasteiger partial charge in [-0.3, -0.25) is 0 Å². The summed E-state index contributed by atoms with van der Waals surface area (Å²) in [6, 6.07) is 19.8. The highest BCUT2D eigenvalue weighted by molar-refractivity contribution is 7.85. The number of benzene rings is 2. The van der Waals surface area contributed by atoms with Crippen LogP contribution in [0, 0.1) is 11.2 Å². The van der Waals surface area contributed by atoms with Gasteiger partial charge in [-0.1, -0.05) is 68.8 Å². The summed E-state index contributed by atoms with van der Waals surface area (Å²) in [5, 5.41) is 5.56. The van der Waals surface area contributed by atoms with Gasteiger partial charge in [0.25, 0.3) is 0 Å². The Hall–Kier alpha value is -1.85. The van der Waals surface area contributed by atoms with E-state index in [1.54, 1.807) is 0 Å². The fourth-order valence-electron chi connectivity index (χ4n) is 1.19. The van der Waals surface area contributed by atoms with E-state index >= 15 is 0 Å². The lowest BCUT2D eigenvalue weighted by Crippen LogP contribution is -1.84. The third kappa shape index (κ3) is 8.82. The van der Waals surface area contributed by atoms with Crippen LogP contribution in [0.4, 0.5) is 5.69 Å². The summed E-state index contributed by atoms with van der Waals surface area (Å²) in [5.74, 6) is 2.82. The van der Waals surface area contributed by atoms with Crippen molar-refractivity contribution < 1.29 is 0 Å². The first kappa shape index (κ1) is 17.2. The number of hydrogen-bond acceptors (Lipinski definition) is 2. The van der Waals surface area contributed by atoms with E-state index in [0.29, 0.717) is 0 Å². The molecule has 0 amide bonds. The molecule has 0 aromatic heterocycles. The van der Waals surface area contributed by atoms with Crippen LogP contribution in [0.3, 0.4) is 0 Å². The zero-order chi connectivity index (χ0) is 14.3. The highest BCUT2D eigenvalue weighted by Crippen LogP contribution is 2.01. The maximum atomic E-state index is 3.77. The minimum absolute atomic E-state index is 1.01. The standard InChI is InChI=1S/C8H6S.C7H9N.C2H6/c9-7-6-8-4-2-1-3-5-8;1-8-7-5-3-2-4-6-7;1-2/h1-5,9H;2-6,8H,1H3;1-2H3. The molecule has 0 fully saturated rings. The highest BCUT2D eigenvalue weighted by atomic mass is 32.1. The molecule has 0 aliphatic carbocycles. The van der Waals surface area contributed by atoms with E-state index in [1.807, 2.05) is 81.6 Å². The molecule has 0 bridgehead atoms. The minimum Gasteiger partial charge on any atom is -0.388 e. The van der Waals surface area contributed by atoms with Crippen LogP contribution < -0.4 is 5.32 Å². The Morgan fingerprint density at radius 1 is 0.842 bits per heavy atom. The summed E-state index contributed by atoms with van der Waals surface area (Å²) < 4.78 is 0. The number of rotatable bonds is 1. The minimum atomic E-state index is 1.01. The molecule has 0 spiro atoms. The maximum Gasteiger partial charge on any atom is 0.0337 e. The fourth-order valence-corrected chi connectivity index (χ4v) is 1.32. The van der Waals surface area contributed by atoms with Gasteiger partial charge in [0.1, 0.15) is 0 Å². The summed E-state index contributed by atoms with van der Waals surface area (Å²) in [7, 11) is 1.91. The van der Waals surface area contributed by atoms with Crippen LogP contribution in [0.25, 0.3) is 0 Å². The SMILES string of the molecule is CC.CNc1ccccc1.SC#Cc1ccccc1. The van der Waals surface area contributed by atoms with Gasteiger partial charge in [-0.05, 0) is 29.5 Å². The van der Waals surface area contributed by atoms with Crippen molar-refractivity contribution in [2.45, 2.75) is 13.8 Å². The first-order valence-electron chi connectivity index (χ1n) is 6.29. The smallest absolute Gasteiger partial charge is 0.0337 e. The molecule has 0 saturated heterocycles. The summed E-state index contributed by atoms with van der Waals surface area (Å²) in [4.78, 5) is 0. The number of thiol groups is 1. The van der Waals surface area contributed by atoms with E-state index in [2.05, 4.69) is 29.1 Å². The molecule has 2 rings (SSSR count). The second kappa shape index (κ2) is 12.6. The predicted octanol–water partition coefficient (Wildman–Crippen LogP) is 4.68. The average Bonchev–Trinajstić information content (AvgIpc) is 2.52. The normalized spacial score (nSPS) is 7.58. The first-order chi connectivity index (χ1) is 9.36. The van der Waals surface area contributed by atoms with Gasteiger partial charge in [0.2, 0.25) is 0 Å². The van der Waals surface area contributed by atoms with E-state index in [9.17, 15) is 0 Å². The van der Waals surface area contributed by atoms with Crippen molar-refractivity contribution in [3.63, 3.8) is 0 Å². The molecule has 0 heterocycles. The maximum absolute atomic E-state index is 3.77. The van der Waals surface area contributed by atoms with E-state index < -0.39 is 0 Å². The molecule has 1 nitrogen and oxygen atoms in total. The molecule has 0 unspecified atom stereocenters. The van der Waals surface area contributed by atoms with E-state index in [1.165, 1.54) is 0 Å². The lowest BCUT2D eigenvalue weighted by atomic mass is 10.2. The monoisotopic (exact) mass is 271 g/mol. The third-order valence-corrected chi connectivity index (χ3v) is 2.15. The van der Waals surface area contributed by atoms with Gasteiger partial charge in [0.05, 0.1) is 0 Å². The second-order valence-electron chi connectivity index (χ2n) is 3.22. The molecule has 2 heteroatoms. The quantitative estimate of drug-likeness (QED) is 0.567. The van der Waals surface area contributed by atoms with Crippen molar-refractivity contribution in [2.75, 3.05) is 12.4 Å². The Morgan fingerprint density at radius 2 is 1.32 bits per heavy atom. The van der Waals surface area contributed by atoms with Gasteiger partial charge >= 0.3 is 0 Å². The molecular weight excluding hydrogens is 250 g/mol. The Kier molecular flexibility index (Phi) is 11.4. The van der Waals surface area contributed by atoms with Crippen LogP contribution in [0.2, 0.25) is 0 Å². The molecule has 0 atom stereocenters. The van der Waals surface area contributed by atoms with Crippen molar-refractivity contribution in [1.82, 2.24) is 0 Å². The zero-order valence-electron chi connectivity index (χ0n) is 11.7. The number of anilines is 1. The summed E-state index contributed by atoms with van der Waals surface area (Å²) in [6.45, 7) is 4.00. The van der Waals surface area contributed by atoms with Gasteiger partial charge in [-0.2, -0.15) is 0 Å².